The van der Waals surface area contributed by atoms with Crippen molar-refractivity contribution in [3.63, 3.8) is 0 Å². The normalized spacial score (nSPS) is 16.5. The second-order valence-electron chi connectivity index (χ2n) is 4.80. The fourth-order valence-electron chi connectivity index (χ4n) is 2.27. The lowest BCUT2D eigenvalue weighted by Crippen LogP contribution is -2.32. The molecule has 0 saturated carbocycles. The minimum atomic E-state index is -0.264. The zero-order valence-corrected chi connectivity index (χ0v) is 10.4. The molecule has 1 amide bonds. The standard InChI is InChI=1S/C14H19FN2O/c15-13-3-1-2-12(8-13)10-17-14(18)9-11-4-6-16-7-5-11/h1-3,8,11,16H,4-7,9-10H2,(H,17,18). The zero-order chi connectivity index (χ0) is 12.8. The quantitative estimate of drug-likeness (QED) is 0.856. The molecule has 0 bridgehead atoms. The number of benzene rings is 1. The van der Waals surface area contributed by atoms with Crippen molar-refractivity contribution in [2.45, 2.75) is 25.8 Å². The molecule has 1 fully saturated rings. The van der Waals surface area contributed by atoms with Gasteiger partial charge in [0, 0.05) is 13.0 Å². The van der Waals surface area contributed by atoms with Crippen LogP contribution in [0.4, 0.5) is 4.39 Å². The molecule has 1 saturated heterocycles. The van der Waals surface area contributed by atoms with E-state index in [1.165, 1.54) is 12.1 Å². The van der Waals surface area contributed by atoms with Crippen molar-refractivity contribution in [2.24, 2.45) is 5.92 Å². The van der Waals surface area contributed by atoms with Gasteiger partial charge >= 0.3 is 0 Å². The summed E-state index contributed by atoms with van der Waals surface area (Å²) in [5, 5.41) is 6.13. The van der Waals surface area contributed by atoms with Crippen LogP contribution < -0.4 is 10.6 Å². The van der Waals surface area contributed by atoms with Crippen LogP contribution in [-0.4, -0.2) is 19.0 Å². The lowest BCUT2D eigenvalue weighted by Gasteiger charge is -2.21. The summed E-state index contributed by atoms with van der Waals surface area (Å²) in [7, 11) is 0. The first-order chi connectivity index (χ1) is 8.74. The van der Waals surface area contributed by atoms with Gasteiger partial charge in [-0.15, -0.1) is 0 Å². The molecule has 1 aromatic rings. The van der Waals surface area contributed by atoms with Crippen molar-refractivity contribution in [3.05, 3.63) is 35.6 Å². The van der Waals surface area contributed by atoms with E-state index in [1.807, 2.05) is 6.07 Å². The summed E-state index contributed by atoms with van der Waals surface area (Å²) < 4.78 is 12.9. The van der Waals surface area contributed by atoms with E-state index >= 15 is 0 Å². The summed E-state index contributed by atoms with van der Waals surface area (Å²) in [6, 6.07) is 6.32. The number of carbonyl (C=O) groups is 1. The second kappa shape index (κ2) is 6.50. The molecule has 0 aliphatic carbocycles. The average Bonchev–Trinajstić information content (AvgIpc) is 2.38. The Balaban J connectivity index is 1.74. The maximum absolute atomic E-state index is 12.9. The van der Waals surface area contributed by atoms with Gasteiger partial charge in [0.15, 0.2) is 0 Å². The van der Waals surface area contributed by atoms with Crippen LogP contribution in [0.3, 0.4) is 0 Å². The summed E-state index contributed by atoms with van der Waals surface area (Å²) in [4.78, 5) is 11.7. The molecule has 2 rings (SSSR count). The SMILES string of the molecule is O=C(CC1CCNCC1)NCc1cccc(F)c1. The molecule has 0 aromatic heterocycles. The third kappa shape index (κ3) is 4.11. The van der Waals surface area contributed by atoms with Crippen LogP contribution in [0.5, 0.6) is 0 Å². The second-order valence-corrected chi connectivity index (χ2v) is 4.80. The number of nitrogens with one attached hydrogen (secondary N) is 2. The molecule has 2 N–H and O–H groups in total. The van der Waals surface area contributed by atoms with Crippen molar-refractivity contribution < 1.29 is 9.18 Å². The first-order valence-electron chi connectivity index (χ1n) is 6.46. The Hall–Kier alpha value is -1.42. The van der Waals surface area contributed by atoms with Crippen molar-refractivity contribution >= 4 is 5.91 Å². The number of amides is 1. The summed E-state index contributed by atoms with van der Waals surface area (Å²) in [5.41, 5.74) is 0.800. The minimum absolute atomic E-state index is 0.0613. The van der Waals surface area contributed by atoms with E-state index in [4.69, 9.17) is 0 Å². The number of hydrogen-bond donors (Lipinski definition) is 2. The molecule has 0 unspecified atom stereocenters. The molecule has 18 heavy (non-hydrogen) atoms. The number of hydrogen-bond acceptors (Lipinski definition) is 2. The van der Waals surface area contributed by atoms with Crippen molar-refractivity contribution in [1.82, 2.24) is 10.6 Å². The van der Waals surface area contributed by atoms with Gasteiger partial charge in [-0.3, -0.25) is 4.79 Å². The van der Waals surface area contributed by atoms with Gasteiger partial charge in [-0.25, -0.2) is 4.39 Å². The first-order valence-corrected chi connectivity index (χ1v) is 6.46. The Labute approximate surface area is 107 Å². The Morgan fingerprint density at radius 1 is 1.39 bits per heavy atom. The summed E-state index contributed by atoms with van der Waals surface area (Å²) in [5.74, 6) is 0.282. The van der Waals surface area contributed by atoms with Gasteiger partial charge in [-0.1, -0.05) is 12.1 Å². The van der Waals surface area contributed by atoms with Gasteiger partial charge in [0.2, 0.25) is 5.91 Å². The molecule has 3 nitrogen and oxygen atoms in total. The Morgan fingerprint density at radius 3 is 2.89 bits per heavy atom. The summed E-state index contributed by atoms with van der Waals surface area (Å²) >= 11 is 0. The highest BCUT2D eigenvalue weighted by atomic mass is 19.1. The Kier molecular flexibility index (Phi) is 4.70. The summed E-state index contributed by atoms with van der Waals surface area (Å²) in [6.07, 6.45) is 2.71. The van der Waals surface area contributed by atoms with E-state index < -0.39 is 0 Å². The molecule has 1 heterocycles. The van der Waals surface area contributed by atoms with Gasteiger partial charge in [-0.05, 0) is 49.5 Å². The van der Waals surface area contributed by atoms with E-state index in [-0.39, 0.29) is 11.7 Å². The largest absolute Gasteiger partial charge is 0.352 e. The van der Waals surface area contributed by atoms with E-state index in [0.29, 0.717) is 18.9 Å². The molecule has 1 aliphatic rings. The van der Waals surface area contributed by atoms with Crippen molar-refractivity contribution in [1.29, 1.82) is 0 Å². The minimum Gasteiger partial charge on any atom is -0.352 e. The Morgan fingerprint density at radius 2 is 2.17 bits per heavy atom. The highest BCUT2D eigenvalue weighted by molar-refractivity contribution is 5.76. The van der Waals surface area contributed by atoms with Crippen LogP contribution in [0.2, 0.25) is 0 Å². The lowest BCUT2D eigenvalue weighted by molar-refractivity contribution is -0.122. The van der Waals surface area contributed by atoms with Crippen molar-refractivity contribution in [2.75, 3.05) is 13.1 Å². The van der Waals surface area contributed by atoms with E-state index in [2.05, 4.69) is 10.6 Å². The van der Waals surface area contributed by atoms with Gasteiger partial charge < -0.3 is 10.6 Å². The average molecular weight is 250 g/mol. The highest BCUT2D eigenvalue weighted by Crippen LogP contribution is 2.15. The third-order valence-corrected chi connectivity index (χ3v) is 3.31. The van der Waals surface area contributed by atoms with Gasteiger partial charge in [-0.2, -0.15) is 0 Å². The fourth-order valence-corrected chi connectivity index (χ4v) is 2.27. The van der Waals surface area contributed by atoms with E-state index in [9.17, 15) is 9.18 Å². The fraction of sp³-hybridized carbons (Fsp3) is 0.500. The van der Waals surface area contributed by atoms with Gasteiger partial charge in [0.1, 0.15) is 5.82 Å². The van der Waals surface area contributed by atoms with Crippen LogP contribution in [0.25, 0.3) is 0 Å². The number of carbonyl (C=O) groups excluding carboxylic acids is 1. The molecule has 4 heteroatoms. The monoisotopic (exact) mass is 250 g/mol. The Bertz CT molecular complexity index is 403. The van der Waals surface area contributed by atoms with Crippen molar-refractivity contribution in [3.8, 4) is 0 Å². The smallest absolute Gasteiger partial charge is 0.220 e. The van der Waals surface area contributed by atoms with Crippen LogP contribution in [0.15, 0.2) is 24.3 Å². The predicted octanol–water partition coefficient (Wildman–Crippen LogP) is 1.83. The lowest BCUT2D eigenvalue weighted by atomic mass is 9.94. The van der Waals surface area contributed by atoms with E-state index in [1.54, 1.807) is 6.07 Å². The van der Waals surface area contributed by atoms with Crippen LogP contribution in [-0.2, 0) is 11.3 Å². The third-order valence-electron chi connectivity index (χ3n) is 3.31. The van der Waals surface area contributed by atoms with Gasteiger partial charge in [0.25, 0.3) is 0 Å². The maximum atomic E-state index is 12.9. The summed E-state index contributed by atoms with van der Waals surface area (Å²) in [6.45, 7) is 2.41. The molecule has 1 aliphatic heterocycles. The number of halogens is 1. The van der Waals surface area contributed by atoms with Crippen LogP contribution in [0, 0.1) is 11.7 Å². The molecule has 0 radical (unpaired) electrons. The van der Waals surface area contributed by atoms with Gasteiger partial charge in [0.05, 0.1) is 0 Å². The van der Waals surface area contributed by atoms with E-state index in [0.717, 1.165) is 31.5 Å². The molecular formula is C14H19FN2O. The van der Waals surface area contributed by atoms with Crippen LogP contribution in [0.1, 0.15) is 24.8 Å². The highest BCUT2D eigenvalue weighted by Gasteiger charge is 2.16. The topological polar surface area (TPSA) is 41.1 Å². The molecule has 0 spiro atoms. The zero-order valence-electron chi connectivity index (χ0n) is 10.4. The molecular weight excluding hydrogens is 231 g/mol. The number of piperidine rings is 1. The predicted molar refractivity (Wildman–Crippen MR) is 68.5 cm³/mol. The number of rotatable bonds is 4. The maximum Gasteiger partial charge on any atom is 0.220 e. The van der Waals surface area contributed by atoms with Crippen LogP contribution >= 0.6 is 0 Å². The molecule has 98 valence electrons. The first kappa shape index (κ1) is 13.0. The molecule has 0 atom stereocenters. The molecule has 1 aromatic carbocycles.